The Labute approximate surface area is 110 Å². The number of carbonyl (C=O) groups is 1. The Kier molecular flexibility index (Phi) is 6.74. The van der Waals surface area contributed by atoms with E-state index in [1.165, 1.54) is 12.8 Å². The molecular formula is C14H24N2O2. The first-order valence-electron chi connectivity index (χ1n) is 7.02. The first kappa shape index (κ1) is 15.0. The lowest BCUT2D eigenvalue weighted by atomic mass is 9.92. The van der Waals surface area contributed by atoms with Crippen molar-refractivity contribution in [2.45, 2.75) is 63.8 Å². The van der Waals surface area contributed by atoms with E-state index in [4.69, 9.17) is 4.74 Å². The third-order valence-corrected chi connectivity index (χ3v) is 3.37. The third-order valence-electron chi connectivity index (χ3n) is 3.37. The van der Waals surface area contributed by atoms with Crippen LogP contribution in [0.15, 0.2) is 0 Å². The summed E-state index contributed by atoms with van der Waals surface area (Å²) < 4.78 is 5.29. The molecule has 0 unspecified atom stereocenters. The predicted octanol–water partition coefficient (Wildman–Crippen LogP) is 2.54. The Balaban J connectivity index is 2.37. The lowest BCUT2D eigenvalue weighted by molar-refractivity contribution is -0.123. The first-order valence-corrected chi connectivity index (χ1v) is 7.02. The average Bonchev–Trinajstić information content (AvgIpc) is 2.61. The minimum Gasteiger partial charge on any atom is -0.381 e. The molecule has 0 aromatic rings. The quantitative estimate of drug-likeness (QED) is 0.583. The molecule has 0 saturated heterocycles. The molecule has 1 aliphatic carbocycles. The molecule has 1 fully saturated rings. The van der Waals surface area contributed by atoms with Gasteiger partial charge in [-0.3, -0.25) is 4.79 Å². The van der Waals surface area contributed by atoms with Gasteiger partial charge in [-0.2, -0.15) is 5.26 Å². The van der Waals surface area contributed by atoms with Gasteiger partial charge in [0.25, 0.3) is 0 Å². The first-order chi connectivity index (χ1) is 8.72. The molecule has 18 heavy (non-hydrogen) atoms. The van der Waals surface area contributed by atoms with Gasteiger partial charge in [0, 0.05) is 6.61 Å². The SMILES string of the molecule is CCCOCCC(=O)NC1(C#N)CCCCCC1. The fraction of sp³-hybridized carbons (Fsp3) is 0.857. The van der Waals surface area contributed by atoms with E-state index >= 15 is 0 Å². The molecule has 0 bridgehead atoms. The molecule has 1 aliphatic rings. The van der Waals surface area contributed by atoms with E-state index in [9.17, 15) is 10.1 Å². The summed E-state index contributed by atoms with van der Waals surface area (Å²) in [6.07, 6.45) is 7.27. The molecule has 4 heteroatoms. The summed E-state index contributed by atoms with van der Waals surface area (Å²) in [5.41, 5.74) is -0.627. The predicted molar refractivity (Wildman–Crippen MR) is 69.9 cm³/mol. The summed E-state index contributed by atoms with van der Waals surface area (Å²) in [6, 6.07) is 2.32. The molecule has 4 nitrogen and oxygen atoms in total. The van der Waals surface area contributed by atoms with Crippen molar-refractivity contribution in [2.75, 3.05) is 13.2 Å². The molecule has 0 aromatic carbocycles. The van der Waals surface area contributed by atoms with Gasteiger partial charge >= 0.3 is 0 Å². The second-order valence-electron chi connectivity index (χ2n) is 5.02. The summed E-state index contributed by atoms with van der Waals surface area (Å²) in [7, 11) is 0. The number of ether oxygens (including phenoxy) is 1. The number of carbonyl (C=O) groups excluding carboxylic acids is 1. The number of rotatable bonds is 6. The zero-order valence-electron chi connectivity index (χ0n) is 11.3. The van der Waals surface area contributed by atoms with E-state index in [1.807, 2.05) is 6.92 Å². The van der Waals surface area contributed by atoms with E-state index in [1.54, 1.807) is 0 Å². The van der Waals surface area contributed by atoms with Crippen molar-refractivity contribution in [3.63, 3.8) is 0 Å². The summed E-state index contributed by atoms with van der Waals surface area (Å²) in [4.78, 5) is 11.8. The van der Waals surface area contributed by atoms with Crippen LogP contribution in [0.3, 0.4) is 0 Å². The van der Waals surface area contributed by atoms with Crippen LogP contribution in [0.4, 0.5) is 0 Å². The summed E-state index contributed by atoms with van der Waals surface area (Å²) in [5, 5.41) is 12.2. The van der Waals surface area contributed by atoms with Gasteiger partial charge in [0.2, 0.25) is 5.91 Å². The lowest BCUT2D eigenvalue weighted by Crippen LogP contribution is -2.47. The highest BCUT2D eigenvalue weighted by atomic mass is 16.5. The average molecular weight is 252 g/mol. The van der Waals surface area contributed by atoms with Crippen LogP contribution in [0.25, 0.3) is 0 Å². The van der Waals surface area contributed by atoms with Crippen LogP contribution in [0.2, 0.25) is 0 Å². The minimum absolute atomic E-state index is 0.0606. The highest BCUT2D eigenvalue weighted by Crippen LogP contribution is 2.26. The molecule has 0 aromatic heterocycles. The number of hydrogen-bond donors (Lipinski definition) is 1. The number of amides is 1. The van der Waals surface area contributed by atoms with Crippen LogP contribution in [0, 0.1) is 11.3 Å². The van der Waals surface area contributed by atoms with Crippen LogP contribution in [0.1, 0.15) is 58.3 Å². The monoisotopic (exact) mass is 252 g/mol. The van der Waals surface area contributed by atoms with E-state index in [0.717, 1.165) is 32.1 Å². The Hall–Kier alpha value is -1.08. The van der Waals surface area contributed by atoms with Crippen molar-refractivity contribution < 1.29 is 9.53 Å². The Bertz CT molecular complexity index is 289. The minimum atomic E-state index is -0.627. The van der Waals surface area contributed by atoms with Gasteiger partial charge in [0.05, 0.1) is 19.1 Å². The topological polar surface area (TPSA) is 62.1 Å². The zero-order valence-corrected chi connectivity index (χ0v) is 11.3. The maximum Gasteiger partial charge on any atom is 0.223 e. The van der Waals surface area contributed by atoms with Crippen LogP contribution in [-0.2, 0) is 9.53 Å². The largest absolute Gasteiger partial charge is 0.381 e. The van der Waals surface area contributed by atoms with Crippen LogP contribution >= 0.6 is 0 Å². The van der Waals surface area contributed by atoms with E-state index in [2.05, 4.69) is 11.4 Å². The molecule has 1 N–H and O–H groups in total. The maximum atomic E-state index is 11.8. The Morgan fingerprint density at radius 1 is 1.28 bits per heavy atom. The Morgan fingerprint density at radius 3 is 2.50 bits per heavy atom. The molecule has 0 heterocycles. The molecule has 0 spiro atoms. The van der Waals surface area contributed by atoms with Crippen molar-refractivity contribution in [3.8, 4) is 6.07 Å². The van der Waals surface area contributed by atoms with E-state index in [0.29, 0.717) is 19.6 Å². The molecule has 1 rings (SSSR count). The van der Waals surface area contributed by atoms with Crippen molar-refractivity contribution in [1.29, 1.82) is 5.26 Å². The molecule has 1 saturated carbocycles. The molecule has 0 aliphatic heterocycles. The van der Waals surface area contributed by atoms with Gasteiger partial charge in [0.15, 0.2) is 0 Å². The normalized spacial score (nSPS) is 18.7. The lowest BCUT2D eigenvalue weighted by Gasteiger charge is -2.26. The van der Waals surface area contributed by atoms with E-state index < -0.39 is 5.54 Å². The maximum absolute atomic E-state index is 11.8. The molecule has 102 valence electrons. The van der Waals surface area contributed by atoms with Gasteiger partial charge in [-0.05, 0) is 19.3 Å². The summed E-state index contributed by atoms with van der Waals surface area (Å²) in [6.45, 7) is 3.17. The van der Waals surface area contributed by atoms with Gasteiger partial charge in [-0.25, -0.2) is 0 Å². The molecule has 0 atom stereocenters. The summed E-state index contributed by atoms with van der Waals surface area (Å²) in [5.74, 6) is -0.0606. The smallest absolute Gasteiger partial charge is 0.223 e. The van der Waals surface area contributed by atoms with Crippen molar-refractivity contribution >= 4 is 5.91 Å². The standard InChI is InChI=1S/C14H24N2O2/c1-2-10-18-11-7-13(17)16-14(12-15)8-5-3-4-6-9-14/h2-11H2,1H3,(H,16,17). The van der Waals surface area contributed by atoms with Crippen molar-refractivity contribution in [3.05, 3.63) is 0 Å². The third kappa shape index (κ3) is 5.05. The second kappa shape index (κ2) is 8.10. The van der Waals surface area contributed by atoms with Crippen molar-refractivity contribution in [1.82, 2.24) is 5.32 Å². The fourth-order valence-electron chi connectivity index (χ4n) is 2.34. The van der Waals surface area contributed by atoms with E-state index in [-0.39, 0.29) is 5.91 Å². The molecule has 0 radical (unpaired) electrons. The number of nitrogens with one attached hydrogen (secondary N) is 1. The van der Waals surface area contributed by atoms with Crippen LogP contribution in [0.5, 0.6) is 0 Å². The highest BCUT2D eigenvalue weighted by molar-refractivity contribution is 5.77. The van der Waals surface area contributed by atoms with Gasteiger partial charge in [-0.1, -0.05) is 32.6 Å². The molecular weight excluding hydrogens is 228 g/mol. The number of nitrogens with zero attached hydrogens (tertiary/aromatic N) is 1. The molecule has 1 amide bonds. The zero-order chi connectivity index (χ0) is 13.3. The Morgan fingerprint density at radius 2 is 1.94 bits per heavy atom. The van der Waals surface area contributed by atoms with Crippen molar-refractivity contribution in [2.24, 2.45) is 0 Å². The highest BCUT2D eigenvalue weighted by Gasteiger charge is 2.32. The van der Waals surface area contributed by atoms with Gasteiger partial charge < -0.3 is 10.1 Å². The second-order valence-corrected chi connectivity index (χ2v) is 5.02. The van der Waals surface area contributed by atoms with Gasteiger partial charge in [0.1, 0.15) is 5.54 Å². The number of nitriles is 1. The van der Waals surface area contributed by atoms with Crippen LogP contribution in [-0.4, -0.2) is 24.7 Å². The van der Waals surface area contributed by atoms with Crippen LogP contribution < -0.4 is 5.32 Å². The fourth-order valence-corrected chi connectivity index (χ4v) is 2.34. The summed E-state index contributed by atoms with van der Waals surface area (Å²) >= 11 is 0. The number of hydrogen-bond acceptors (Lipinski definition) is 3. The van der Waals surface area contributed by atoms with Gasteiger partial charge in [-0.15, -0.1) is 0 Å².